The number of carbonyl (C=O) groups is 1. The van der Waals surface area contributed by atoms with Crippen molar-refractivity contribution in [3.8, 4) is 11.8 Å². The van der Waals surface area contributed by atoms with E-state index >= 15 is 0 Å². The van der Waals surface area contributed by atoms with Gasteiger partial charge in [-0.1, -0.05) is 23.6 Å². The fourth-order valence-electron chi connectivity index (χ4n) is 1.07. The van der Waals surface area contributed by atoms with Crippen LogP contribution in [0.4, 0.5) is 11.5 Å². The van der Waals surface area contributed by atoms with E-state index in [9.17, 15) is 14.9 Å². The minimum Gasteiger partial charge on any atom is -0.383 e. The minimum absolute atomic E-state index is 0.0355. The van der Waals surface area contributed by atoms with E-state index < -0.39 is 4.92 Å². The molecule has 0 amide bonds. The largest absolute Gasteiger partial charge is 0.383 e. The first-order valence-corrected chi connectivity index (χ1v) is 6.01. The third kappa shape index (κ3) is 4.43. The predicted octanol–water partition coefficient (Wildman–Crippen LogP) is 1.59. The van der Waals surface area contributed by atoms with Gasteiger partial charge in [0.05, 0.1) is 10.5 Å². The monoisotopic (exact) mass is 265 g/mol. The number of carbonyl (C=O) groups excluding carboxylic acids is 1. The molecule has 7 heteroatoms. The van der Waals surface area contributed by atoms with E-state index in [1.54, 1.807) is 0 Å². The summed E-state index contributed by atoms with van der Waals surface area (Å²) in [6.45, 7) is 1.49. The molecular weight excluding hydrogens is 254 g/mol. The van der Waals surface area contributed by atoms with Gasteiger partial charge in [0.15, 0.2) is 5.12 Å². The summed E-state index contributed by atoms with van der Waals surface area (Å²) in [6.07, 6.45) is 1.60. The van der Waals surface area contributed by atoms with Crippen LogP contribution in [-0.4, -0.2) is 20.8 Å². The molecule has 0 unspecified atom stereocenters. The van der Waals surface area contributed by atoms with Gasteiger partial charge in [0.1, 0.15) is 12.0 Å². The highest BCUT2D eigenvalue weighted by atomic mass is 32.2. The van der Waals surface area contributed by atoms with Crippen molar-refractivity contribution in [3.05, 3.63) is 27.9 Å². The lowest BCUT2D eigenvalue weighted by molar-refractivity contribution is -0.385. The molecule has 1 aromatic rings. The van der Waals surface area contributed by atoms with E-state index in [1.807, 2.05) is 0 Å². The highest BCUT2D eigenvalue weighted by Crippen LogP contribution is 2.15. The number of hydrogen-bond acceptors (Lipinski definition) is 6. The molecule has 0 atom stereocenters. The SMILES string of the molecule is CC(=O)SCCC#Cc1cc([N+](=O)[O-])cnc1N. The number of anilines is 1. The van der Waals surface area contributed by atoms with Crippen LogP contribution in [0, 0.1) is 22.0 Å². The molecule has 0 aliphatic carbocycles. The smallest absolute Gasteiger partial charge is 0.288 e. The number of nitro groups is 1. The average molecular weight is 265 g/mol. The van der Waals surface area contributed by atoms with Crippen LogP contribution in [0.2, 0.25) is 0 Å². The van der Waals surface area contributed by atoms with E-state index in [2.05, 4.69) is 16.8 Å². The molecule has 0 fully saturated rings. The molecule has 2 N–H and O–H groups in total. The fourth-order valence-corrected chi connectivity index (χ4v) is 1.56. The van der Waals surface area contributed by atoms with Crippen LogP contribution in [0.1, 0.15) is 18.9 Å². The summed E-state index contributed by atoms with van der Waals surface area (Å²) in [4.78, 5) is 24.4. The van der Waals surface area contributed by atoms with Gasteiger partial charge < -0.3 is 5.73 Å². The molecule has 0 aromatic carbocycles. The minimum atomic E-state index is -0.552. The molecule has 1 heterocycles. The topological polar surface area (TPSA) is 99.1 Å². The maximum absolute atomic E-state index is 10.7. The van der Waals surface area contributed by atoms with Crippen LogP contribution in [0.3, 0.4) is 0 Å². The lowest BCUT2D eigenvalue weighted by Crippen LogP contribution is -1.97. The summed E-state index contributed by atoms with van der Waals surface area (Å²) in [7, 11) is 0. The van der Waals surface area contributed by atoms with Gasteiger partial charge in [-0.2, -0.15) is 0 Å². The molecule has 1 aromatic heterocycles. The van der Waals surface area contributed by atoms with Crippen molar-refractivity contribution in [2.45, 2.75) is 13.3 Å². The van der Waals surface area contributed by atoms with Gasteiger partial charge in [0.25, 0.3) is 5.69 Å². The Labute approximate surface area is 108 Å². The Hall–Kier alpha value is -2.07. The first-order chi connectivity index (χ1) is 8.50. The molecule has 0 radical (unpaired) electrons. The number of aromatic nitrogens is 1. The van der Waals surface area contributed by atoms with Crippen molar-refractivity contribution in [3.63, 3.8) is 0 Å². The van der Waals surface area contributed by atoms with Crippen LogP contribution < -0.4 is 5.73 Å². The summed E-state index contributed by atoms with van der Waals surface area (Å²) >= 11 is 1.18. The van der Waals surface area contributed by atoms with Crippen molar-refractivity contribution >= 4 is 28.4 Å². The predicted molar refractivity (Wildman–Crippen MR) is 69.9 cm³/mol. The Morgan fingerprint density at radius 2 is 2.39 bits per heavy atom. The molecule has 0 aliphatic rings. The molecule has 0 saturated heterocycles. The Bertz CT molecular complexity index is 534. The number of pyridine rings is 1. The fraction of sp³-hybridized carbons (Fsp3) is 0.273. The molecule has 0 spiro atoms. The number of hydrogen-bond donors (Lipinski definition) is 1. The van der Waals surface area contributed by atoms with Crippen molar-refractivity contribution in [2.75, 3.05) is 11.5 Å². The lowest BCUT2D eigenvalue weighted by Gasteiger charge is -1.96. The second-order valence-corrected chi connectivity index (χ2v) is 4.55. The van der Waals surface area contributed by atoms with Crippen LogP contribution >= 0.6 is 11.8 Å². The zero-order chi connectivity index (χ0) is 13.5. The summed E-state index contributed by atoms with van der Waals surface area (Å²) in [5, 5.41) is 10.6. The van der Waals surface area contributed by atoms with Gasteiger partial charge in [0.2, 0.25) is 0 Å². The molecule has 94 valence electrons. The first kappa shape index (κ1) is 14.0. The van der Waals surface area contributed by atoms with Gasteiger partial charge in [-0.3, -0.25) is 14.9 Å². The van der Waals surface area contributed by atoms with Crippen LogP contribution in [0.25, 0.3) is 0 Å². The number of thioether (sulfide) groups is 1. The molecule has 0 bridgehead atoms. The van der Waals surface area contributed by atoms with E-state index in [-0.39, 0.29) is 16.6 Å². The zero-order valence-corrected chi connectivity index (χ0v) is 10.5. The highest BCUT2D eigenvalue weighted by Gasteiger charge is 2.08. The molecular formula is C11H11N3O3S. The maximum Gasteiger partial charge on any atom is 0.288 e. The van der Waals surface area contributed by atoms with Crippen LogP contribution in [0.15, 0.2) is 12.3 Å². The Morgan fingerprint density at radius 1 is 1.67 bits per heavy atom. The first-order valence-electron chi connectivity index (χ1n) is 5.03. The van der Waals surface area contributed by atoms with Gasteiger partial charge in [-0.15, -0.1) is 0 Å². The lowest BCUT2D eigenvalue weighted by atomic mass is 10.2. The molecule has 6 nitrogen and oxygen atoms in total. The normalized spacial score (nSPS) is 9.39. The highest BCUT2D eigenvalue weighted by molar-refractivity contribution is 8.13. The van der Waals surface area contributed by atoms with Crippen molar-refractivity contribution in [1.82, 2.24) is 4.98 Å². The summed E-state index contributed by atoms with van der Waals surface area (Å²) < 4.78 is 0. The molecule has 0 saturated carbocycles. The number of rotatable bonds is 3. The van der Waals surface area contributed by atoms with Crippen molar-refractivity contribution < 1.29 is 9.72 Å². The number of nitrogens with two attached hydrogens (primary N) is 1. The van der Waals surface area contributed by atoms with Crippen LogP contribution in [-0.2, 0) is 4.79 Å². The van der Waals surface area contributed by atoms with Gasteiger partial charge in [-0.05, 0) is 0 Å². The van der Waals surface area contributed by atoms with Gasteiger partial charge >= 0.3 is 0 Å². The summed E-state index contributed by atoms with van der Waals surface area (Å²) in [5.74, 6) is 6.26. The van der Waals surface area contributed by atoms with E-state index in [0.717, 1.165) is 6.20 Å². The van der Waals surface area contributed by atoms with E-state index in [1.165, 1.54) is 24.8 Å². The van der Waals surface area contributed by atoms with Gasteiger partial charge in [0, 0.05) is 25.2 Å². The van der Waals surface area contributed by atoms with Crippen molar-refractivity contribution in [1.29, 1.82) is 0 Å². The number of nitrogens with zero attached hydrogens (tertiary/aromatic N) is 2. The Kier molecular flexibility index (Phi) is 5.14. The quantitative estimate of drug-likeness (QED) is 0.385. The van der Waals surface area contributed by atoms with Crippen molar-refractivity contribution in [2.24, 2.45) is 0 Å². The standard InChI is InChI=1S/C11H11N3O3S/c1-8(15)18-5-3-2-4-9-6-10(14(16)17)7-13-11(9)12/h6-7H,3,5H2,1H3,(H2,12,13). The van der Waals surface area contributed by atoms with Gasteiger partial charge in [-0.25, -0.2) is 4.98 Å². The Balaban J connectivity index is 2.71. The second-order valence-electron chi connectivity index (χ2n) is 3.28. The van der Waals surface area contributed by atoms with E-state index in [0.29, 0.717) is 17.7 Å². The zero-order valence-electron chi connectivity index (χ0n) is 9.67. The molecule has 1 rings (SSSR count). The molecule has 18 heavy (non-hydrogen) atoms. The third-order valence-corrected chi connectivity index (χ3v) is 2.69. The van der Waals surface area contributed by atoms with Crippen LogP contribution in [0.5, 0.6) is 0 Å². The number of nitrogen functional groups attached to an aromatic ring is 1. The average Bonchev–Trinajstić information content (AvgIpc) is 2.30. The maximum atomic E-state index is 10.7. The third-order valence-electron chi connectivity index (χ3n) is 1.87. The van der Waals surface area contributed by atoms with E-state index in [4.69, 9.17) is 5.73 Å². The Morgan fingerprint density at radius 3 is 3.00 bits per heavy atom. The summed E-state index contributed by atoms with van der Waals surface area (Å²) in [6, 6.07) is 1.29. The summed E-state index contributed by atoms with van der Waals surface area (Å²) in [5.41, 5.74) is 5.74. The second kappa shape index (κ2) is 6.61. The molecule has 0 aliphatic heterocycles.